The summed E-state index contributed by atoms with van der Waals surface area (Å²) in [5, 5.41) is 4.81. The van der Waals surface area contributed by atoms with Gasteiger partial charge in [-0.2, -0.15) is 0 Å². The first-order valence-corrected chi connectivity index (χ1v) is 6.27. The molecule has 0 saturated carbocycles. The van der Waals surface area contributed by atoms with E-state index in [1.165, 1.54) is 17.0 Å². The minimum absolute atomic E-state index is 0.0263. The van der Waals surface area contributed by atoms with Gasteiger partial charge in [0.1, 0.15) is 11.5 Å². The van der Waals surface area contributed by atoms with Gasteiger partial charge in [-0.3, -0.25) is 0 Å². The molecule has 0 radical (unpaired) electrons. The first-order valence-electron chi connectivity index (χ1n) is 5.39. The van der Waals surface area contributed by atoms with Crippen LogP contribution < -0.4 is 5.32 Å². The van der Waals surface area contributed by atoms with Crippen molar-refractivity contribution in [2.24, 2.45) is 0 Å². The maximum atomic E-state index is 13.6. The third kappa shape index (κ3) is 2.82. The highest BCUT2D eigenvalue weighted by Crippen LogP contribution is 2.21. The zero-order valence-electron chi connectivity index (χ0n) is 9.47. The van der Waals surface area contributed by atoms with Crippen LogP contribution in [-0.4, -0.2) is 6.54 Å². The Kier molecular flexibility index (Phi) is 3.74. The molecule has 0 atom stereocenters. The molecular weight excluding hydrogens is 240 g/mol. The van der Waals surface area contributed by atoms with Crippen molar-refractivity contribution in [2.45, 2.75) is 13.3 Å². The number of rotatable bonds is 4. The predicted octanol–water partition coefficient (Wildman–Crippen LogP) is 3.99. The van der Waals surface area contributed by atoms with E-state index in [9.17, 15) is 8.78 Å². The molecule has 0 aliphatic carbocycles. The third-order valence-corrected chi connectivity index (χ3v) is 3.47. The van der Waals surface area contributed by atoms with E-state index in [2.05, 4.69) is 5.32 Å². The summed E-state index contributed by atoms with van der Waals surface area (Å²) in [7, 11) is 0. The Bertz CT molecular complexity index is 494. The molecule has 2 aromatic rings. The quantitative estimate of drug-likeness (QED) is 0.868. The summed E-state index contributed by atoms with van der Waals surface area (Å²) in [4.78, 5) is 1.20. The summed E-state index contributed by atoms with van der Waals surface area (Å²) in [6, 6.07) is 6.70. The van der Waals surface area contributed by atoms with E-state index in [0.717, 1.165) is 6.42 Å². The van der Waals surface area contributed by atoms with Crippen LogP contribution in [-0.2, 0) is 6.42 Å². The summed E-state index contributed by atoms with van der Waals surface area (Å²) in [5.74, 6) is -1.05. The van der Waals surface area contributed by atoms with E-state index in [-0.39, 0.29) is 5.69 Å². The molecule has 0 amide bonds. The Morgan fingerprint density at radius 1 is 1.24 bits per heavy atom. The molecule has 1 heterocycles. The van der Waals surface area contributed by atoms with E-state index >= 15 is 0 Å². The van der Waals surface area contributed by atoms with Gasteiger partial charge in [-0.25, -0.2) is 8.78 Å². The second-order valence-electron chi connectivity index (χ2n) is 3.81. The minimum atomic E-state index is -0.542. The lowest BCUT2D eigenvalue weighted by Gasteiger charge is -2.09. The summed E-state index contributed by atoms with van der Waals surface area (Å²) in [6.07, 6.45) is 0.768. The van der Waals surface area contributed by atoms with E-state index in [4.69, 9.17) is 0 Å². The Morgan fingerprint density at radius 2 is 2.06 bits per heavy atom. The Labute approximate surface area is 103 Å². The number of thiophene rings is 1. The van der Waals surface area contributed by atoms with Crippen LogP contribution in [0.15, 0.2) is 29.6 Å². The van der Waals surface area contributed by atoms with Crippen molar-refractivity contribution in [3.05, 3.63) is 51.7 Å². The molecule has 90 valence electrons. The van der Waals surface area contributed by atoms with E-state index < -0.39 is 11.6 Å². The smallest absolute Gasteiger partial charge is 0.152 e. The molecule has 0 aliphatic rings. The Balaban J connectivity index is 2.01. The number of nitrogens with one attached hydrogen (secondary N) is 1. The fraction of sp³-hybridized carbons (Fsp3) is 0.231. The van der Waals surface area contributed by atoms with Gasteiger partial charge in [0.05, 0.1) is 0 Å². The van der Waals surface area contributed by atoms with Crippen molar-refractivity contribution in [3.8, 4) is 0 Å². The van der Waals surface area contributed by atoms with Gasteiger partial charge in [0.2, 0.25) is 0 Å². The van der Waals surface area contributed by atoms with Crippen LogP contribution >= 0.6 is 11.3 Å². The van der Waals surface area contributed by atoms with Crippen LogP contribution in [0.25, 0.3) is 0 Å². The number of benzene rings is 1. The fourth-order valence-corrected chi connectivity index (χ4v) is 2.29. The van der Waals surface area contributed by atoms with Crippen LogP contribution in [0.4, 0.5) is 14.5 Å². The Hall–Kier alpha value is -1.42. The first kappa shape index (κ1) is 12.0. The van der Waals surface area contributed by atoms with Crippen molar-refractivity contribution >= 4 is 17.0 Å². The lowest BCUT2D eigenvalue weighted by atomic mass is 10.2. The SMILES string of the molecule is Cc1ccc(F)c(NCCc2cccs2)c1F. The first-order chi connectivity index (χ1) is 8.18. The molecule has 1 N–H and O–H groups in total. The van der Waals surface area contributed by atoms with Crippen molar-refractivity contribution in [1.82, 2.24) is 0 Å². The number of halogens is 2. The molecule has 0 unspecified atom stereocenters. The zero-order valence-corrected chi connectivity index (χ0v) is 10.3. The van der Waals surface area contributed by atoms with Gasteiger partial charge in [-0.15, -0.1) is 11.3 Å². The number of anilines is 1. The average Bonchev–Trinajstić information content (AvgIpc) is 2.81. The van der Waals surface area contributed by atoms with Crippen molar-refractivity contribution < 1.29 is 8.78 Å². The van der Waals surface area contributed by atoms with Gasteiger partial charge in [-0.05, 0) is 36.4 Å². The highest BCUT2D eigenvalue weighted by Gasteiger charge is 2.10. The lowest BCUT2D eigenvalue weighted by Crippen LogP contribution is -2.08. The zero-order chi connectivity index (χ0) is 12.3. The number of hydrogen-bond acceptors (Lipinski definition) is 2. The molecule has 0 bridgehead atoms. The molecule has 4 heteroatoms. The normalized spacial score (nSPS) is 10.5. The van der Waals surface area contributed by atoms with Crippen LogP contribution in [0.1, 0.15) is 10.4 Å². The second kappa shape index (κ2) is 5.27. The maximum absolute atomic E-state index is 13.6. The van der Waals surface area contributed by atoms with Gasteiger partial charge >= 0.3 is 0 Å². The molecule has 0 saturated heterocycles. The van der Waals surface area contributed by atoms with Crippen molar-refractivity contribution in [2.75, 3.05) is 11.9 Å². The molecule has 0 spiro atoms. The predicted molar refractivity (Wildman–Crippen MR) is 67.6 cm³/mol. The number of hydrogen-bond donors (Lipinski definition) is 1. The lowest BCUT2D eigenvalue weighted by molar-refractivity contribution is 0.582. The monoisotopic (exact) mass is 253 g/mol. The van der Waals surface area contributed by atoms with Crippen LogP contribution in [0.3, 0.4) is 0 Å². The molecule has 17 heavy (non-hydrogen) atoms. The van der Waals surface area contributed by atoms with Crippen molar-refractivity contribution in [1.29, 1.82) is 0 Å². The summed E-state index contributed by atoms with van der Waals surface area (Å²) in [5.41, 5.74) is 0.423. The van der Waals surface area contributed by atoms with Crippen LogP contribution in [0, 0.1) is 18.6 Å². The Morgan fingerprint density at radius 3 is 2.76 bits per heavy atom. The topological polar surface area (TPSA) is 12.0 Å². The molecule has 2 rings (SSSR count). The van der Waals surface area contributed by atoms with E-state index in [0.29, 0.717) is 12.1 Å². The highest BCUT2D eigenvalue weighted by atomic mass is 32.1. The van der Waals surface area contributed by atoms with Crippen LogP contribution in [0.5, 0.6) is 0 Å². The van der Waals surface area contributed by atoms with Crippen molar-refractivity contribution in [3.63, 3.8) is 0 Å². The molecule has 1 aromatic heterocycles. The molecule has 1 aromatic carbocycles. The number of aryl methyl sites for hydroxylation is 1. The molecule has 0 aliphatic heterocycles. The standard InChI is InChI=1S/C13H13F2NS/c1-9-4-5-11(14)13(12(9)15)16-7-6-10-3-2-8-17-10/h2-5,8,16H,6-7H2,1H3. The largest absolute Gasteiger partial charge is 0.380 e. The highest BCUT2D eigenvalue weighted by molar-refractivity contribution is 7.09. The summed E-state index contributed by atoms with van der Waals surface area (Å²) in [6.45, 7) is 2.15. The van der Waals surface area contributed by atoms with Crippen LogP contribution in [0.2, 0.25) is 0 Å². The van der Waals surface area contributed by atoms with Gasteiger partial charge in [0.15, 0.2) is 5.82 Å². The van der Waals surface area contributed by atoms with E-state index in [1.807, 2.05) is 17.5 Å². The summed E-state index contributed by atoms with van der Waals surface area (Å²) >= 11 is 1.64. The minimum Gasteiger partial charge on any atom is -0.380 e. The third-order valence-electron chi connectivity index (χ3n) is 2.54. The van der Waals surface area contributed by atoms with Gasteiger partial charge in [0.25, 0.3) is 0 Å². The average molecular weight is 253 g/mol. The maximum Gasteiger partial charge on any atom is 0.152 e. The fourth-order valence-electron chi connectivity index (χ4n) is 1.58. The molecule has 0 fully saturated rings. The van der Waals surface area contributed by atoms with Gasteiger partial charge < -0.3 is 5.32 Å². The van der Waals surface area contributed by atoms with Gasteiger partial charge in [0, 0.05) is 11.4 Å². The second-order valence-corrected chi connectivity index (χ2v) is 4.84. The van der Waals surface area contributed by atoms with Gasteiger partial charge in [-0.1, -0.05) is 12.1 Å². The molecule has 1 nitrogen and oxygen atoms in total. The molecular formula is C13H13F2NS. The summed E-state index contributed by atoms with van der Waals surface area (Å²) < 4.78 is 27.0. The van der Waals surface area contributed by atoms with E-state index in [1.54, 1.807) is 18.3 Å².